The summed E-state index contributed by atoms with van der Waals surface area (Å²) < 4.78 is 34.6. The van der Waals surface area contributed by atoms with Gasteiger partial charge in [-0.05, 0) is 25.1 Å². The molecule has 2 aromatic rings. The highest BCUT2D eigenvalue weighted by atomic mass is 35.5. The molecule has 1 heterocycles. The number of nitrogens with zero attached hydrogens (tertiary/aromatic N) is 1. The monoisotopic (exact) mass is 381 g/mol. The van der Waals surface area contributed by atoms with Gasteiger partial charge in [0.05, 0.1) is 11.9 Å². The van der Waals surface area contributed by atoms with Gasteiger partial charge in [-0.2, -0.15) is 0 Å². The summed E-state index contributed by atoms with van der Waals surface area (Å²) in [6.45, 7) is 6.37. The molecule has 0 atom stereocenters. The van der Waals surface area contributed by atoms with Crippen molar-refractivity contribution in [1.29, 1.82) is 0 Å². The summed E-state index contributed by atoms with van der Waals surface area (Å²) in [4.78, 5) is 4.14. The van der Waals surface area contributed by atoms with E-state index in [4.69, 9.17) is 21.1 Å². The van der Waals surface area contributed by atoms with Crippen LogP contribution in [-0.2, 0) is 14.6 Å². The summed E-state index contributed by atoms with van der Waals surface area (Å²) in [7, 11) is -3.00. The quantitative estimate of drug-likeness (QED) is 0.561. The number of hydrogen-bond donors (Lipinski definition) is 0. The molecule has 134 valence electrons. The van der Waals surface area contributed by atoms with E-state index in [1.54, 1.807) is 12.3 Å². The van der Waals surface area contributed by atoms with Crippen LogP contribution in [0.1, 0.15) is 25.3 Å². The van der Waals surface area contributed by atoms with Crippen molar-refractivity contribution in [2.45, 2.75) is 31.1 Å². The van der Waals surface area contributed by atoms with Gasteiger partial charge in [0.1, 0.15) is 22.8 Å². The summed E-state index contributed by atoms with van der Waals surface area (Å²) in [5.41, 5.74) is 0.830. The van der Waals surface area contributed by atoms with Gasteiger partial charge in [0.15, 0.2) is 9.84 Å². The Bertz CT molecular complexity index is 920. The average Bonchev–Trinajstić information content (AvgIpc) is 2.48. The van der Waals surface area contributed by atoms with Crippen LogP contribution in [0.25, 0.3) is 16.5 Å². The molecule has 0 amide bonds. The van der Waals surface area contributed by atoms with Gasteiger partial charge >= 0.3 is 0 Å². The SMILES string of the molecule is C=C(OCC)c1ccc(O[C@H]2C[C@@H](S(C)(=O)=O)C2)c2cnc(Cl)cc12. The van der Waals surface area contributed by atoms with E-state index >= 15 is 0 Å². The molecular formula is C18H20ClNO4S. The number of benzene rings is 1. The molecular weight excluding hydrogens is 362 g/mol. The highest BCUT2D eigenvalue weighted by Gasteiger charge is 2.38. The number of pyridine rings is 1. The number of sulfone groups is 1. The lowest BCUT2D eigenvalue weighted by Gasteiger charge is -2.34. The zero-order valence-corrected chi connectivity index (χ0v) is 15.7. The molecule has 25 heavy (non-hydrogen) atoms. The molecule has 1 saturated carbocycles. The van der Waals surface area contributed by atoms with Crippen molar-refractivity contribution in [3.05, 3.63) is 41.7 Å². The van der Waals surface area contributed by atoms with Crippen molar-refractivity contribution in [1.82, 2.24) is 4.98 Å². The van der Waals surface area contributed by atoms with Crippen LogP contribution in [0.2, 0.25) is 5.15 Å². The number of halogens is 1. The van der Waals surface area contributed by atoms with Gasteiger partial charge in [-0.3, -0.25) is 0 Å². The van der Waals surface area contributed by atoms with E-state index in [1.165, 1.54) is 6.26 Å². The van der Waals surface area contributed by atoms with Gasteiger partial charge in [0, 0.05) is 41.6 Å². The maximum atomic E-state index is 11.5. The second-order valence-corrected chi connectivity index (χ2v) is 8.90. The highest BCUT2D eigenvalue weighted by Crippen LogP contribution is 2.36. The lowest BCUT2D eigenvalue weighted by Crippen LogP contribution is -2.42. The topological polar surface area (TPSA) is 65.5 Å². The maximum absolute atomic E-state index is 11.5. The first-order valence-corrected chi connectivity index (χ1v) is 10.4. The summed E-state index contributed by atoms with van der Waals surface area (Å²) >= 11 is 6.05. The van der Waals surface area contributed by atoms with Crippen molar-refractivity contribution in [2.24, 2.45) is 0 Å². The molecule has 1 aromatic carbocycles. The first-order valence-electron chi connectivity index (χ1n) is 8.05. The lowest BCUT2D eigenvalue weighted by atomic mass is 9.95. The highest BCUT2D eigenvalue weighted by molar-refractivity contribution is 7.91. The van der Waals surface area contributed by atoms with Gasteiger partial charge < -0.3 is 9.47 Å². The fraction of sp³-hybridized carbons (Fsp3) is 0.389. The summed E-state index contributed by atoms with van der Waals surface area (Å²) in [5, 5.41) is 1.70. The first-order chi connectivity index (χ1) is 11.8. The van der Waals surface area contributed by atoms with E-state index < -0.39 is 9.84 Å². The van der Waals surface area contributed by atoms with Crippen LogP contribution >= 0.6 is 11.6 Å². The molecule has 3 rings (SSSR count). The zero-order valence-electron chi connectivity index (χ0n) is 14.2. The third-order valence-electron chi connectivity index (χ3n) is 4.40. The van der Waals surface area contributed by atoms with Crippen LogP contribution in [0.15, 0.2) is 31.0 Å². The first kappa shape index (κ1) is 18.0. The predicted molar refractivity (Wildman–Crippen MR) is 99.7 cm³/mol. The Hall–Kier alpha value is -1.79. The van der Waals surface area contributed by atoms with Crippen LogP contribution in [0, 0.1) is 0 Å². The smallest absolute Gasteiger partial charge is 0.150 e. The Morgan fingerprint density at radius 2 is 2.08 bits per heavy atom. The fourth-order valence-corrected chi connectivity index (χ4v) is 4.21. The van der Waals surface area contributed by atoms with Crippen LogP contribution in [0.4, 0.5) is 0 Å². The number of hydrogen-bond acceptors (Lipinski definition) is 5. The second-order valence-electron chi connectivity index (χ2n) is 6.18. The van der Waals surface area contributed by atoms with E-state index in [0.717, 1.165) is 16.3 Å². The minimum absolute atomic E-state index is 0.112. The van der Waals surface area contributed by atoms with Crippen LogP contribution in [-0.4, -0.2) is 37.6 Å². The number of ether oxygens (including phenoxy) is 2. The molecule has 0 N–H and O–H groups in total. The number of aromatic nitrogens is 1. The van der Waals surface area contributed by atoms with E-state index in [-0.39, 0.29) is 11.4 Å². The Morgan fingerprint density at radius 3 is 2.72 bits per heavy atom. The van der Waals surface area contributed by atoms with E-state index in [0.29, 0.717) is 36.1 Å². The standard InChI is InChI=1S/C18H20ClNO4S/c1-4-23-11(2)14-5-6-17(16-10-20-18(19)9-15(14)16)24-12-7-13(8-12)25(3,21)22/h5-6,9-10,12-13H,2,4,7-8H2,1,3H3/t12-,13+. The van der Waals surface area contributed by atoms with Crippen LogP contribution in [0.5, 0.6) is 5.75 Å². The van der Waals surface area contributed by atoms with Crippen molar-refractivity contribution >= 4 is 38.0 Å². The molecule has 0 saturated heterocycles. The molecule has 1 aliphatic rings. The van der Waals surface area contributed by atoms with Gasteiger partial charge in [-0.1, -0.05) is 18.2 Å². The Kier molecular flexibility index (Phi) is 4.93. The molecule has 7 heteroatoms. The minimum atomic E-state index is -3.00. The third-order valence-corrected chi connectivity index (χ3v) is 6.20. The van der Waals surface area contributed by atoms with Crippen molar-refractivity contribution in [2.75, 3.05) is 12.9 Å². The molecule has 0 radical (unpaired) electrons. The lowest BCUT2D eigenvalue weighted by molar-refractivity contribution is 0.125. The average molecular weight is 382 g/mol. The van der Waals surface area contributed by atoms with Crippen molar-refractivity contribution in [3.63, 3.8) is 0 Å². The summed E-state index contributed by atoms with van der Waals surface area (Å²) in [6.07, 6.45) is 3.83. The van der Waals surface area contributed by atoms with E-state index in [9.17, 15) is 8.42 Å². The fourth-order valence-electron chi connectivity index (χ4n) is 2.93. The van der Waals surface area contributed by atoms with Crippen molar-refractivity contribution in [3.8, 4) is 5.75 Å². The van der Waals surface area contributed by atoms with Gasteiger partial charge in [0.2, 0.25) is 0 Å². The molecule has 0 bridgehead atoms. The Morgan fingerprint density at radius 1 is 1.36 bits per heavy atom. The van der Waals surface area contributed by atoms with Crippen LogP contribution in [0.3, 0.4) is 0 Å². The van der Waals surface area contributed by atoms with Crippen molar-refractivity contribution < 1.29 is 17.9 Å². The number of rotatable bonds is 6. The molecule has 0 aliphatic heterocycles. The van der Waals surface area contributed by atoms with Gasteiger partial charge in [0.25, 0.3) is 0 Å². The van der Waals surface area contributed by atoms with Crippen LogP contribution < -0.4 is 4.74 Å². The second kappa shape index (κ2) is 6.84. The molecule has 1 aromatic heterocycles. The van der Waals surface area contributed by atoms with Gasteiger partial charge in [-0.15, -0.1) is 0 Å². The molecule has 1 aliphatic carbocycles. The Balaban J connectivity index is 1.90. The maximum Gasteiger partial charge on any atom is 0.150 e. The predicted octanol–water partition coefficient (Wildman–Crippen LogP) is 3.85. The third kappa shape index (κ3) is 3.75. The molecule has 0 unspecified atom stereocenters. The molecule has 1 fully saturated rings. The van der Waals surface area contributed by atoms with Gasteiger partial charge in [-0.25, -0.2) is 13.4 Å². The minimum Gasteiger partial charge on any atom is -0.494 e. The Labute approximate surface area is 152 Å². The van der Waals surface area contributed by atoms with E-state index in [1.807, 2.05) is 19.1 Å². The summed E-state index contributed by atoms with van der Waals surface area (Å²) in [5.74, 6) is 1.21. The van der Waals surface area contributed by atoms with E-state index in [2.05, 4.69) is 11.6 Å². The molecule has 0 spiro atoms. The normalized spacial score (nSPS) is 20.1. The zero-order chi connectivity index (χ0) is 18.2. The molecule has 5 nitrogen and oxygen atoms in total. The summed E-state index contributed by atoms with van der Waals surface area (Å²) in [6, 6.07) is 5.47. The number of fused-ring (bicyclic) bond motifs is 1. The largest absolute Gasteiger partial charge is 0.494 e.